The Morgan fingerprint density at radius 3 is 2.49 bits per heavy atom. The van der Waals surface area contributed by atoms with Crippen LogP contribution in [0.15, 0.2) is 67.1 Å². The Labute approximate surface area is 203 Å². The predicted octanol–water partition coefficient (Wildman–Crippen LogP) is 5.15. The summed E-state index contributed by atoms with van der Waals surface area (Å²) in [5.74, 6) is -0.00228. The third-order valence-electron chi connectivity index (χ3n) is 6.51. The highest BCUT2D eigenvalue weighted by Gasteiger charge is 2.54. The van der Waals surface area contributed by atoms with Crippen molar-refractivity contribution in [1.29, 1.82) is 5.26 Å². The van der Waals surface area contributed by atoms with Gasteiger partial charge in [0.1, 0.15) is 30.0 Å². The molecule has 0 radical (unpaired) electrons. The molecule has 0 unspecified atom stereocenters. The molecule has 6 rings (SSSR count). The van der Waals surface area contributed by atoms with Gasteiger partial charge in [-0.25, -0.2) is 9.97 Å². The summed E-state index contributed by atoms with van der Waals surface area (Å²) in [6, 6.07) is 19.6. The van der Waals surface area contributed by atoms with Crippen molar-refractivity contribution in [3.8, 4) is 17.2 Å². The normalized spacial score (nSPS) is 24.9. The Hall–Kier alpha value is -3.77. The number of hydrogen-bond donors (Lipinski definition) is 1. The molecule has 2 aromatic carbocycles. The second-order valence-corrected chi connectivity index (χ2v) is 9.35. The number of nitriles is 1. The van der Waals surface area contributed by atoms with Crippen LogP contribution in [0.1, 0.15) is 32.6 Å². The molecule has 8 nitrogen and oxygen atoms in total. The fraction of sp³-hybridized carbons (Fsp3) is 0.296. The van der Waals surface area contributed by atoms with Crippen LogP contribution < -0.4 is 5.32 Å². The summed E-state index contributed by atoms with van der Waals surface area (Å²) in [6.45, 7) is 5.87. The predicted molar refractivity (Wildman–Crippen MR) is 131 cm³/mol. The highest BCUT2D eigenvalue weighted by Crippen LogP contribution is 2.45. The first kappa shape index (κ1) is 21.7. The summed E-state index contributed by atoms with van der Waals surface area (Å²) < 4.78 is 20.8. The highest BCUT2D eigenvalue weighted by atomic mass is 16.8. The zero-order valence-electron chi connectivity index (χ0n) is 19.7. The van der Waals surface area contributed by atoms with E-state index in [-0.39, 0.29) is 18.3 Å². The minimum atomic E-state index is -0.672. The lowest BCUT2D eigenvalue weighted by Gasteiger charge is -2.24. The molecular formula is C27H25N5O3. The van der Waals surface area contributed by atoms with Crippen LogP contribution >= 0.6 is 0 Å². The number of nitrogens with one attached hydrogen (secondary N) is 1. The summed E-state index contributed by atoms with van der Waals surface area (Å²) in [4.78, 5) is 9.25. The SMILES string of the molecule is C[C@H]1O[C@@H](n2cc(-c3ccccc3)c3c(Nc4ccc(C#N)cc4)ncnc32)[C@@H]2OC(C)(C)O[C@@H]21. The topological polar surface area (TPSA) is 94.2 Å². The van der Waals surface area contributed by atoms with Crippen molar-refractivity contribution in [3.63, 3.8) is 0 Å². The van der Waals surface area contributed by atoms with E-state index in [0.717, 1.165) is 27.8 Å². The first-order valence-corrected chi connectivity index (χ1v) is 11.6. The second kappa shape index (κ2) is 8.17. The van der Waals surface area contributed by atoms with Gasteiger partial charge < -0.3 is 24.1 Å². The Morgan fingerprint density at radius 1 is 1.00 bits per heavy atom. The Kier molecular flexibility index (Phi) is 5.07. The minimum absolute atomic E-state index is 0.123. The Bertz CT molecular complexity index is 1430. The van der Waals surface area contributed by atoms with Gasteiger partial charge in [-0.05, 0) is 50.6 Å². The summed E-state index contributed by atoms with van der Waals surface area (Å²) in [7, 11) is 0. The molecule has 0 amide bonds. The van der Waals surface area contributed by atoms with E-state index in [9.17, 15) is 0 Å². The quantitative estimate of drug-likeness (QED) is 0.443. The van der Waals surface area contributed by atoms with Crippen LogP contribution in [0.25, 0.3) is 22.2 Å². The summed E-state index contributed by atoms with van der Waals surface area (Å²) in [5, 5.41) is 13.4. The van der Waals surface area contributed by atoms with E-state index in [2.05, 4.69) is 39.7 Å². The van der Waals surface area contributed by atoms with E-state index >= 15 is 0 Å². The molecule has 35 heavy (non-hydrogen) atoms. The first-order valence-electron chi connectivity index (χ1n) is 11.6. The Balaban J connectivity index is 1.49. The van der Waals surface area contributed by atoms with Gasteiger partial charge in [-0.1, -0.05) is 30.3 Å². The van der Waals surface area contributed by atoms with Crippen molar-refractivity contribution < 1.29 is 14.2 Å². The molecule has 0 bridgehead atoms. The molecule has 2 aliphatic heterocycles. The van der Waals surface area contributed by atoms with E-state index in [0.29, 0.717) is 11.4 Å². The first-order chi connectivity index (χ1) is 16.9. The zero-order valence-corrected chi connectivity index (χ0v) is 19.7. The van der Waals surface area contributed by atoms with Crippen LogP contribution in [0.5, 0.6) is 0 Å². The molecule has 176 valence electrons. The van der Waals surface area contributed by atoms with Gasteiger partial charge in [0.2, 0.25) is 0 Å². The van der Waals surface area contributed by atoms with Gasteiger partial charge in [-0.3, -0.25) is 0 Å². The molecule has 4 aromatic rings. The van der Waals surface area contributed by atoms with Crippen LogP contribution in [0.2, 0.25) is 0 Å². The van der Waals surface area contributed by atoms with Gasteiger partial charge in [0, 0.05) is 17.4 Å². The lowest BCUT2D eigenvalue weighted by atomic mass is 10.1. The van der Waals surface area contributed by atoms with E-state index in [4.69, 9.17) is 19.5 Å². The van der Waals surface area contributed by atoms with E-state index in [1.165, 1.54) is 0 Å². The van der Waals surface area contributed by atoms with Gasteiger partial charge in [0.25, 0.3) is 0 Å². The molecule has 0 spiro atoms. The highest BCUT2D eigenvalue weighted by molar-refractivity contribution is 6.02. The maximum Gasteiger partial charge on any atom is 0.164 e. The maximum atomic E-state index is 9.12. The molecule has 2 aromatic heterocycles. The van der Waals surface area contributed by atoms with Crippen LogP contribution in [0, 0.1) is 11.3 Å². The number of fused-ring (bicyclic) bond motifs is 2. The van der Waals surface area contributed by atoms with Crippen LogP contribution in [-0.4, -0.2) is 38.6 Å². The second-order valence-electron chi connectivity index (χ2n) is 9.35. The van der Waals surface area contributed by atoms with Crippen molar-refractivity contribution in [2.45, 2.75) is 51.1 Å². The molecule has 8 heteroatoms. The smallest absolute Gasteiger partial charge is 0.164 e. The minimum Gasteiger partial charge on any atom is -0.349 e. The monoisotopic (exact) mass is 467 g/mol. The summed E-state index contributed by atoms with van der Waals surface area (Å²) in [5.41, 5.74) is 4.19. The van der Waals surface area contributed by atoms with Crippen LogP contribution in [-0.2, 0) is 14.2 Å². The van der Waals surface area contributed by atoms with E-state index in [1.54, 1.807) is 18.5 Å². The average molecular weight is 468 g/mol. The van der Waals surface area contributed by atoms with Crippen LogP contribution in [0.4, 0.5) is 11.5 Å². The lowest BCUT2D eigenvalue weighted by molar-refractivity contribution is -0.194. The molecule has 4 heterocycles. The number of anilines is 2. The number of hydrogen-bond acceptors (Lipinski definition) is 7. The number of ether oxygens (including phenoxy) is 3. The lowest BCUT2D eigenvalue weighted by Crippen LogP contribution is -2.27. The fourth-order valence-corrected chi connectivity index (χ4v) is 4.97. The van der Waals surface area contributed by atoms with Gasteiger partial charge in [-0.15, -0.1) is 0 Å². The molecule has 2 fully saturated rings. The summed E-state index contributed by atoms with van der Waals surface area (Å²) >= 11 is 0. The molecular weight excluding hydrogens is 442 g/mol. The molecule has 1 N–H and O–H groups in total. The van der Waals surface area contributed by atoms with Gasteiger partial charge in [0.15, 0.2) is 12.0 Å². The average Bonchev–Trinajstić information content (AvgIpc) is 3.50. The molecule has 0 saturated carbocycles. The van der Waals surface area contributed by atoms with Crippen molar-refractivity contribution in [1.82, 2.24) is 14.5 Å². The number of rotatable bonds is 4. The largest absolute Gasteiger partial charge is 0.349 e. The van der Waals surface area contributed by atoms with Gasteiger partial charge in [-0.2, -0.15) is 5.26 Å². The third kappa shape index (κ3) is 3.74. The van der Waals surface area contributed by atoms with Crippen LogP contribution in [0.3, 0.4) is 0 Å². The number of aromatic nitrogens is 3. The van der Waals surface area contributed by atoms with Crippen molar-refractivity contribution in [3.05, 3.63) is 72.7 Å². The molecule has 4 atom stereocenters. The summed E-state index contributed by atoms with van der Waals surface area (Å²) in [6.07, 6.45) is 2.67. The molecule has 2 saturated heterocycles. The number of benzene rings is 2. The Morgan fingerprint density at radius 2 is 1.74 bits per heavy atom. The van der Waals surface area contributed by atoms with Crippen molar-refractivity contribution >= 4 is 22.5 Å². The molecule has 0 aliphatic carbocycles. The fourth-order valence-electron chi connectivity index (χ4n) is 4.97. The maximum absolute atomic E-state index is 9.12. The molecule has 2 aliphatic rings. The standard InChI is InChI=1S/C27H25N5O3/c1-16-22-23(35-27(2,3)34-22)26(33-16)32-14-20(18-7-5-4-6-8-18)21-24(29-15-30-25(21)32)31-19-11-9-17(13-28)10-12-19/h4-12,14-16,22-23,26H,1-3H3,(H,29,30,31)/t16-,22-,23-,26-/m1/s1. The van der Waals surface area contributed by atoms with Crippen molar-refractivity contribution in [2.75, 3.05) is 5.32 Å². The van der Waals surface area contributed by atoms with E-state index in [1.807, 2.05) is 55.7 Å². The van der Waals surface area contributed by atoms with Gasteiger partial charge in [0.05, 0.1) is 23.1 Å². The zero-order chi connectivity index (χ0) is 24.2. The van der Waals surface area contributed by atoms with Crippen molar-refractivity contribution in [2.24, 2.45) is 0 Å². The third-order valence-corrected chi connectivity index (χ3v) is 6.51. The van der Waals surface area contributed by atoms with E-state index < -0.39 is 12.0 Å². The van der Waals surface area contributed by atoms with Gasteiger partial charge >= 0.3 is 0 Å². The number of nitrogens with zero attached hydrogens (tertiary/aromatic N) is 4.